The molecular weight excluding hydrogens is 312 g/mol. The summed E-state index contributed by atoms with van der Waals surface area (Å²) in [6.45, 7) is 8.13. The van der Waals surface area contributed by atoms with Crippen LogP contribution in [0.1, 0.15) is 44.7 Å². The van der Waals surface area contributed by atoms with Crippen LogP contribution < -0.4 is 11.1 Å². The van der Waals surface area contributed by atoms with Crippen LogP contribution in [0.3, 0.4) is 0 Å². The van der Waals surface area contributed by atoms with E-state index in [0.717, 1.165) is 6.42 Å². The molecule has 130 valence electrons. The van der Waals surface area contributed by atoms with Crippen LogP contribution in [0.2, 0.25) is 0 Å². The summed E-state index contributed by atoms with van der Waals surface area (Å²) >= 11 is 0. The van der Waals surface area contributed by atoms with Crippen molar-refractivity contribution in [3.8, 4) is 0 Å². The molecule has 1 aromatic rings. The third-order valence-corrected chi connectivity index (χ3v) is 4.67. The van der Waals surface area contributed by atoms with Crippen molar-refractivity contribution in [1.29, 1.82) is 0 Å². The third kappa shape index (κ3) is 4.93. The van der Waals surface area contributed by atoms with Gasteiger partial charge in [0.25, 0.3) is 0 Å². The molecule has 3 N–H and O–H groups in total. The molecule has 1 aliphatic rings. The maximum Gasteiger partial charge on any atom is 0.240 e. The molecule has 23 heavy (non-hydrogen) atoms. The van der Waals surface area contributed by atoms with E-state index in [1.54, 1.807) is 0 Å². The Morgan fingerprint density at radius 2 is 1.83 bits per heavy atom. The summed E-state index contributed by atoms with van der Waals surface area (Å²) in [5.74, 6) is -0.0611. The molecular formula is C18H29ClN2O2. The highest BCUT2D eigenvalue weighted by molar-refractivity contribution is 5.86. The molecule has 1 aromatic carbocycles. The van der Waals surface area contributed by atoms with Crippen LogP contribution in [-0.4, -0.2) is 31.2 Å². The molecule has 1 amide bonds. The van der Waals surface area contributed by atoms with Crippen molar-refractivity contribution >= 4 is 18.3 Å². The van der Waals surface area contributed by atoms with Crippen molar-refractivity contribution in [2.24, 2.45) is 5.73 Å². The Kier molecular flexibility index (Phi) is 7.05. The van der Waals surface area contributed by atoms with Crippen LogP contribution in [0.5, 0.6) is 0 Å². The van der Waals surface area contributed by atoms with Gasteiger partial charge in [-0.05, 0) is 30.4 Å². The van der Waals surface area contributed by atoms with E-state index in [0.29, 0.717) is 32.6 Å². The largest absolute Gasteiger partial charge is 0.381 e. The number of rotatable bonds is 5. The molecule has 0 saturated carbocycles. The minimum atomic E-state index is -0.777. The van der Waals surface area contributed by atoms with Crippen LogP contribution in [0.4, 0.5) is 0 Å². The van der Waals surface area contributed by atoms with E-state index >= 15 is 0 Å². The summed E-state index contributed by atoms with van der Waals surface area (Å²) in [6, 6.07) is 8.61. The Morgan fingerprint density at radius 3 is 2.35 bits per heavy atom. The van der Waals surface area contributed by atoms with Gasteiger partial charge in [0.1, 0.15) is 0 Å². The number of hydrogen-bond donors (Lipinski definition) is 2. The molecule has 0 aromatic heterocycles. The number of nitrogens with two attached hydrogens (primary N) is 1. The zero-order valence-electron chi connectivity index (χ0n) is 14.4. The predicted octanol–water partition coefficient (Wildman–Crippen LogP) is 2.57. The topological polar surface area (TPSA) is 64.4 Å². The molecule has 1 heterocycles. The van der Waals surface area contributed by atoms with Gasteiger partial charge in [0.2, 0.25) is 5.91 Å². The highest BCUT2D eigenvalue weighted by Gasteiger charge is 2.36. The molecule has 2 rings (SSSR count). The number of ether oxygens (including phenoxy) is 1. The van der Waals surface area contributed by atoms with Crippen LogP contribution in [0.15, 0.2) is 24.3 Å². The SMILES string of the molecule is CCc1ccc(C(C)(C)CNC(=O)C2(N)CCOCC2)cc1.Cl. The average Bonchev–Trinajstić information content (AvgIpc) is 2.53. The summed E-state index contributed by atoms with van der Waals surface area (Å²) in [4.78, 5) is 12.4. The lowest BCUT2D eigenvalue weighted by Crippen LogP contribution is -2.58. The molecule has 1 aliphatic heterocycles. The summed E-state index contributed by atoms with van der Waals surface area (Å²) in [6.07, 6.45) is 2.21. The lowest BCUT2D eigenvalue weighted by molar-refractivity contribution is -0.130. The van der Waals surface area contributed by atoms with Gasteiger partial charge in [-0.1, -0.05) is 45.0 Å². The van der Waals surface area contributed by atoms with Crippen molar-refractivity contribution in [2.75, 3.05) is 19.8 Å². The normalized spacial score (nSPS) is 17.2. The highest BCUT2D eigenvalue weighted by atomic mass is 35.5. The molecule has 0 atom stereocenters. The van der Waals surface area contributed by atoms with Crippen molar-refractivity contribution in [3.63, 3.8) is 0 Å². The average molecular weight is 341 g/mol. The fraction of sp³-hybridized carbons (Fsp3) is 0.611. The summed E-state index contributed by atoms with van der Waals surface area (Å²) in [5.41, 5.74) is 7.87. The minimum Gasteiger partial charge on any atom is -0.381 e. The van der Waals surface area contributed by atoms with Crippen molar-refractivity contribution in [2.45, 2.75) is 51.0 Å². The lowest BCUT2D eigenvalue weighted by atomic mass is 9.83. The number of amides is 1. The zero-order valence-corrected chi connectivity index (χ0v) is 15.2. The molecule has 1 saturated heterocycles. The number of carbonyl (C=O) groups is 1. The van der Waals surface area contributed by atoms with Gasteiger partial charge >= 0.3 is 0 Å². The maximum atomic E-state index is 12.4. The molecule has 1 fully saturated rings. The van der Waals surface area contributed by atoms with E-state index in [-0.39, 0.29) is 23.7 Å². The molecule has 0 bridgehead atoms. The second-order valence-electron chi connectivity index (χ2n) is 6.89. The van der Waals surface area contributed by atoms with Gasteiger partial charge in [0.05, 0.1) is 5.54 Å². The first-order chi connectivity index (χ1) is 10.4. The number of halogens is 1. The smallest absolute Gasteiger partial charge is 0.240 e. The quantitative estimate of drug-likeness (QED) is 0.865. The summed E-state index contributed by atoms with van der Waals surface area (Å²) in [5, 5.41) is 3.04. The molecule has 0 unspecified atom stereocenters. The first-order valence-electron chi connectivity index (χ1n) is 8.12. The fourth-order valence-corrected chi connectivity index (χ4v) is 2.73. The first kappa shape index (κ1) is 19.9. The van der Waals surface area contributed by atoms with Gasteiger partial charge in [-0.15, -0.1) is 12.4 Å². The fourth-order valence-electron chi connectivity index (χ4n) is 2.73. The van der Waals surface area contributed by atoms with E-state index in [4.69, 9.17) is 10.5 Å². The number of benzene rings is 1. The van der Waals surface area contributed by atoms with E-state index in [1.807, 2.05) is 0 Å². The van der Waals surface area contributed by atoms with E-state index in [1.165, 1.54) is 11.1 Å². The minimum absolute atomic E-state index is 0. The van der Waals surface area contributed by atoms with Gasteiger partial charge in [-0.25, -0.2) is 0 Å². The molecule has 0 aliphatic carbocycles. The Morgan fingerprint density at radius 1 is 1.26 bits per heavy atom. The predicted molar refractivity (Wildman–Crippen MR) is 96.1 cm³/mol. The summed E-state index contributed by atoms with van der Waals surface area (Å²) in [7, 11) is 0. The third-order valence-electron chi connectivity index (χ3n) is 4.67. The summed E-state index contributed by atoms with van der Waals surface area (Å²) < 4.78 is 5.29. The van der Waals surface area contributed by atoms with Crippen LogP contribution in [0.25, 0.3) is 0 Å². The standard InChI is InChI=1S/C18H28N2O2.ClH/c1-4-14-5-7-15(8-6-14)17(2,3)13-20-16(21)18(19)9-11-22-12-10-18;/h5-8H,4,9-13,19H2,1-3H3,(H,20,21);1H. The van der Waals surface area contributed by atoms with Gasteiger partial charge in [0, 0.05) is 25.2 Å². The Labute approximate surface area is 145 Å². The molecule has 0 radical (unpaired) electrons. The molecule has 5 heteroatoms. The van der Waals surface area contributed by atoms with Crippen molar-refractivity contribution in [1.82, 2.24) is 5.32 Å². The monoisotopic (exact) mass is 340 g/mol. The lowest BCUT2D eigenvalue weighted by Gasteiger charge is -2.34. The van der Waals surface area contributed by atoms with E-state index < -0.39 is 5.54 Å². The van der Waals surface area contributed by atoms with Gasteiger partial charge in [-0.3, -0.25) is 4.79 Å². The van der Waals surface area contributed by atoms with Crippen molar-refractivity contribution < 1.29 is 9.53 Å². The van der Waals surface area contributed by atoms with Crippen LogP contribution in [-0.2, 0) is 21.4 Å². The number of carbonyl (C=O) groups excluding carboxylic acids is 1. The second kappa shape index (κ2) is 8.13. The Balaban J connectivity index is 0.00000264. The Bertz CT molecular complexity index is 508. The molecule has 4 nitrogen and oxygen atoms in total. The maximum absolute atomic E-state index is 12.4. The van der Waals surface area contributed by atoms with Crippen LogP contribution >= 0.6 is 12.4 Å². The number of aryl methyl sites for hydroxylation is 1. The number of hydrogen-bond acceptors (Lipinski definition) is 3. The van der Waals surface area contributed by atoms with Crippen molar-refractivity contribution in [3.05, 3.63) is 35.4 Å². The molecule has 0 spiro atoms. The van der Waals surface area contributed by atoms with Gasteiger partial charge in [0.15, 0.2) is 0 Å². The van der Waals surface area contributed by atoms with E-state index in [2.05, 4.69) is 50.4 Å². The zero-order chi connectivity index (χ0) is 16.2. The first-order valence-corrected chi connectivity index (χ1v) is 8.12. The second-order valence-corrected chi connectivity index (χ2v) is 6.89. The Hall–Kier alpha value is -1.10. The highest BCUT2D eigenvalue weighted by Crippen LogP contribution is 2.24. The van der Waals surface area contributed by atoms with Crippen LogP contribution in [0, 0.1) is 0 Å². The number of nitrogens with one attached hydrogen (secondary N) is 1. The van der Waals surface area contributed by atoms with Gasteiger partial charge < -0.3 is 15.8 Å². The van der Waals surface area contributed by atoms with E-state index in [9.17, 15) is 4.79 Å². The van der Waals surface area contributed by atoms with Gasteiger partial charge in [-0.2, -0.15) is 0 Å².